The fourth-order valence-electron chi connectivity index (χ4n) is 4.36. The first-order valence-electron chi connectivity index (χ1n) is 10.8. The molecule has 3 aromatic rings. The van der Waals surface area contributed by atoms with E-state index in [2.05, 4.69) is 34.9 Å². The summed E-state index contributed by atoms with van der Waals surface area (Å²) in [6.45, 7) is 4.57. The standard InChI is InChI=1S/C20H26N8OS/c1-2-15-25-26-20(30-15)24-19(29)13-7-10-27(11-8-13)17-16-18(22-12-21-17)28-9-5-3-4-6-14(28)23-16/h12-13H,2-11H2,1H3,(H,24,26,29). The molecule has 0 aromatic carbocycles. The normalized spacial score (nSPS) is 17.7. The number of aromatic nitrogens is 6. The number of fused-ring (bicyclic) bond motifs is 3. The maximum atomic E-state index is 12.7. The molecule has 0 aliphatic carbocycles. The average molecular weight is 427 g/mol. The van der Waals surface area contributed by atoms with E-state index in [0.29, 0.717) is 5.13 Å². The number of amides is 1. The van der Waals surface area contributed by atoms with E-state index in [9.17, 15) is 4.79 Å². The highest BCUT2D eigenvalue weighted by Crippen LogP contribution is 2.30. The minimum atomic E-state index is -0.0220. The molecule has 2 aliphatic rings. The van der Waals surface area contributed by atoms with Crippen molar-refractivity contribution in [3.05, 3.63) is 17.2 Å². The molecule has 1 N–H and O–H groups in total. The van der Waals surface area contributed by atoms with Gasteiger partial charge in [0.15, 0.2) is 17.0 Å². The van der Waals surface area contributed by atoms with Gasteiger partial charge in [0, 0.05) is 32.0 Å². The Morgan fingerprint density at radius 1 is 1.17 bits per heavy atom. The molecular weight excluding hydrogens is 400 g/mol. The van der Waals surface area contributed by atoms with Crippen LogP contribution in [0.4, 0.5) is 10.9 Å². The lowest BCUT2D eigenvalue weighted by atomic mass is 9.96. The average Bonchev–Trinajstić information content (AvgIpc) is 3.30. The minimum absolute atomic E-state index is 0.0220. The lowest BCUT2D eigenvalue weighted by Crippen LogP contribution is -2.38. The zero-order valence-electron chi connectivity index (χ0n) is 17.2. The van der Waals surface area contributed by atoms with Crippen molar-refractivity contribution in [1.82, 2.24) is 29.7 Å². The Kier molecular flexibility index (Phi) is 5.32. The van der Waals surface area contributed by atoms with Gasteiger partial charge in [0.2, 0.25) is 11.0 Å². The maximum Gasteiger partial charge on any atom is 0.229 e. The van der Waals surface area contributed by atoms with Crippen molar-refractivity contribution >= 4 is 39.4 Å². The number of carbonyl (C=O) groups is 1. The highest BCUT2D eigenvalue weighted by Gasteiger charge is 2.28. The van der Waals surface area contributed by atoms with E-state index in [1.807, 2.05) is 6.92 Å². The maximum absolute atomic E-state index is 12.7. The molecule has 1 saturated heterocycles. The molecule has 0 radical (unpaired) electrons. The Hall–Kier alpha value is -2.62. The van der Waals surface area contributed by atoms with E-state index in [4.69, 9.17) is 4.98 Å². The first kappa shape index (κ1) is 19.3. The van der Waals surface area contributed by atoms with Gasteiger partial charge in [-0.3, -0.25) is 4.79 Å². The number of nitrogens with zero attached hydrogens (tertiary/aromatic N) is 7. The van der Waals surface area contributed by atoms with E-state index >= 15 is 0 Å². The molecule has 0 unspecified atom stereocenters. The van der Waals surface area contributed by atoms with Gasteiger partial charge in [-0.25, -0.2) is 15.0 Å². The Morgan fingerprint density at radius 3 is 2.83 bits per heavy atom. The number of piperidine rings is 1. The Bertz CT molecular complexity index is 1050. The number of carbonyl (C=O) groups excluding carboxylic acids is 1. The molecule has 30 heavy (non-hydrogen) atoms. The molecule has 1 fully saturated rings. The molecule has 5 rings (SSSR count). The fraction of sp³-hybridized carbons (Fsp3) is 0.600. The van der Waals surface area contributed by atoms with Crippen molar-refractivity contribution in [2.75, 3.05) is 23.3 Å². The molecule has 3 aromatic heterocycles. The monoisotopic (exact) mass is 426 g/mol. The van der Waals surface area contributed by atoms with Crippen LogP contribution in [0, 0.1) is 5.92 Å². The lowest BCUT2D eigenvalue weighted by molar-refractivity contribution is -0.120. The predicted octanol–water partition coefficient (Wildman–Crippen LogP) is 2.82. The van der Waals surface area contributed by atoms with Crippen LogP contribution in [0.1, 0.15) is 49.9 Å². The van der Waals surface area contributed by atoms with Gasteiger partial charge in [0.05, 0.1) is 0 Å². The van der Waals surface area contributed by atoms with E-state index in [0.717, 1.165) is 73.1 Å². The van der Waals surface area contributed by atoms with Crippen LogP contribution >= 0.6 is 11.3 Å². The molecular formula is C20H26N8OS. The van der Waals surface area contributed by atoms with Gasteiger partial charge in [-0.1, -0.05) is 24.7 Å². The number of nitrogens with one attached hydrogen (secondary N) is 1. The van der Waals surface area contributed by atoms with Crippen molar-refractivity contribution in [3.63, 3.8) is 0 Å². The van der Waals surface area contributed by atoms with E-state index in [-0.39, 0.29) is 11.8 Å². The van der Waals surface area contributed by atoms with Gasteiger partial charge in [0.1, 0.15) is 17.2 Å². The van der Waals surface area contributed by atoms with Crippen LogP contribution in [0.2, 0.25) is 0 Å². The second-order valence-corrected chi connectivity index (χ2v) is 9.03. The second-order valence-electron chi connectivity index (χ2n) is 7.96. The van der Waals surface area contributed by atoms with Crippen molar-refractivity contribution in [1.29, 1.82) is 0 Å². The van der Waals surface area contributed by atoms with Crippen LogP contribution in [0.15, 0.2) is 6.33 Å². The number of anilines is 2. The number of aryl methyl sites for hydroxylation is 3. The van der Waals surface area contributed by atoms with Gasteiger partial charge in [0.25, 0.3) is 0 Å². The van der Waals surface area contributed by atoms with E-state index in [1.54, 1.807) is 6.33 Å². The van der Waals surface area contributed by atoms with Crippen LogP contribution in [-0.4, -0.2) is 48.7 Å². The van der Waals surface area contributed by atoms with Gasteiger partial charge >= 0.3 is 0 Å². The van der Waals surface area contributed by atoms with Crippen LogP contribution in [0.25, 0.3) is 11.2 Å². The highest BCUT2D eigenvalue weighted by molar-refractivity contribution is 7.15. The Labute approximate surface area is 179 Å². The van der Waals surface area contributed by atoms with Crippen molar-refractivity contribution in [2.24, 2.45) is 5.92 Å². The molecule has 0 bridgehead atoms. The summed E-state index contributed by atoms with van der Waals surface area (Å²) in [5.74, 6) is 2.04. The third-order valence-electron chi connectivity index (χ3n) is 6.04. The largest absolute Gasteiger partial charge is 0.355 e. The Balaban J connectivity index is 1.28. The first-order valence-corrected chi connectivity index (χ1v) is 11.6. The molecule has 9 nitrogen and oxygen atoms in total. The molecule has 0 spiro atoms. The number of hydrogen-bond acceptors (Lipinski definition) is 8. The smallest absolute Gasteiger partial charge is 0.229 e. The summed E-state index contributed by atoms with van der Waals surface area (Å²) in [6.07, 6.45) is 8.65. The highest BCUT2D eigenvalue weighted by atomic mass is 32.1. The van der Waals surface area contributed by atoms with Crippen LogP contribution < -0.4 is 10.2 Å². The first-order chi connectivity index (χ1) is 14.7. The molecule has 2 aliphatic heterocycles. The van der Waals surface area contributed by atoms with Crippen LogP contribution in [0.5, 0.6) is 0 Å². The molecule has 0 atom stereocenters. The SMILES string of the molecule is CCc1nnc(NC(=O)C2CCN(c3ncnc4c3nc3n4CCCCC3)CC2)s1. The summed E-state index contributed by atoms with van der Waals surface area (Å²) in [4.78, 5) is 28.9. The van der Waals surface area contributed by atoms with E-state index in [1.165, 1.54) is 30.6 Å². The summed E-state index contributed by atoms with van der Waals surface area (Å²) in [5.41, 5.74) is 1.85. The summed E-state index contributed by atoms with van der Waals surface area (Å²) in [5, 5.41) is 12.6. The predicted molar refractivity (Wildman–Crippen MR) is 116 cm³/mol. The summed E-state index contributed by atoms with van der Waals surface area (Å²) in [7, 11) is 0. The minimum Gasteiger partial charge on any atom is -0.355 e. The van der Waals surface area contributed by atoms with Crippen LogP contribution in [0.3, 0.4) is 0 Å². The lowest BCUT2D eigenvalue weighted by Gasteiger charge is -2.31. The molecule has 0 saturated carbocycles. The van der Waals surface area contributed by atoms with Crippen molar-refractivity contribution in [3.8, 4) is 0 Å². The van der Waals surface area contributed by atoms with Crippen molar-refractivity contribution in [2.45, 2.75) is 58.4 Å². The third-order valence-corrected chi connectivity index (χ3v) is 7.02. The van der Waals surface area contributed by atoms with Gasteiger partial charge in [-0.05, 0) is 32.1 Å². The van der Waals surface area contributed by atoms with Crippen LogP contribution in [-0.2, 0) is 24.2 Å². The van der Waals surface area contributed by atoms with E-state index < -0.39 is 0 Å². The second kappa shape index (κ2) is 8.25. The number of rotatable bonds is 4. The zero-order chi connectivity index (χ0) is 20.5. The summed E-state index contributed by atoms with van der Waals surface area (Å²) >= 11 is 1.45. The topological polar surface area (TPSA) is 102 Å². The number of imidazole rings is 1. The third kappa shape index (κ3) is 3.64. The van der Waals surface area contributed by atoms with Gasteiger partial charge in [-0.15, -0.1) is 10.2 Å². The molecule has 1 amide bonds. The Morgan fingerprint density at radius 2 is 2.03 bits per heavy atom. The van der Waals surface area contributed by atoms with Gasteiger partial charge < -0.3 is 14.8 Å². The van der Waals surface area contributed by atoms with Gasteiger partial charge in [-0.2, -0.15) is 0 Å². The number of hydrogen-bond donors (Lipinski definition) is 1. The summed E-state index contributed by atoms with van der Waals surface area (Å²) in [6, 6.07) is 0. The fourth-order valence-corrected chi connectivity index (χ4v) is 5.05. The zero-order valence-corrected chi connectivity index (χ0v) is 18.0. The quantitative estimate of drug-likeness (QED) is 0.684. The molecule has 158 valence electrons. The summed E-state index contributed by atoms with van der Waals surface area (Å²) < 4.78 is 2.26. The molecule has 5 heterocycles. The molecule has 10 heteroatoms. The van der Waals surface area contributed by atoms with Crippen molar-refractivity contribution < 1.29 is 4.79 Å².